The molecule has 0 saturated carbocycles. The summed E-state index contributed by atoms with van der Waals surface area (Å²) in [6.45, 7) is 4.79. The summed E-state index contributed by atoms with van der Waals surface area (Å²) in [7, 11) is 0. The van der Waals surface area contributed by atoms with Gasteiger partial charge in [-0.2, -0.15) is 0 Å². The number of Topliss-reactive ketones (excluding diaryl/α,β-unsaturated/α-hetero) is 1. The fourth-order valence-corrected chi connectivity index (χ4v) is 3.63. The Morgan fingerprint density at radius 2 is 1.07 bits per heavy atom. The lowest BCUT2D eigenvalue weighted by Crippen LogP contribution is -2.26. The molecule has 1 atom stereocenters. The number of unbranched alkanes of at least 4 members (excludes halogenated alkanes) is 14. The number of esters is 2. The van der Waals surface area contributed by atoms with Crippen molar-refractivity contribution in [2.75, 3.05) is 6.61 Å². The molecule has 0 aromatic heterocycles. The molecule has 30 heavy (non-hydrogen) atoms. The topological polar surface area (TPSA) is 69.7 Å². The first-order chi connectivity index (χ1) is 14.5. The van der Waals surface area contributed by atoms with E-state index in [9.17, 15) is 14.4 Å². The molecule has 0 heterocycles. The molecule has 0 radical (unpaired) electrons. The van der Waals surface area contributed by atoms with Crippen molar-refractivity contribution in [1.29, 1.82) is 0 Å². The van der Waals surface area contributed by atoms with Gasteiger partial charge in [-0.3, -0.25) is 14.4 Å². The number of hydrogen-bond donors (Lipinski definition) is 0. The Labute approximate surface area is 184 Å². The third-order valence-corrected chi connectivity index (χ3v) is 5.32. The normalized spacial score (nSPS) is 11.8. The highest BCUT2D eigenvalue weighted by Gasteiger charge is 2.18. The van der Waals surface area contributed by atoms with Crippen LogP contribution in [0, 0.1) is 0 Å². The zero-order valence-corrected chi connectivity index (χ0v) is 19.8. The molecule has 176 valence electrons. The van der Waals surface area contributed by atoms with Gasteiger partial charge < -0.3 is 9.47 Å². The molecule has 0 aliphatic carbocycles. The highest BCUT2D eigenvalue weighted by Crippen LogP contribution is 2.14. The van der Waals surface area contributed by atoms with Gasteiger partial charge in [0.1, 0.15) is 18.5 Å². The van der Waals surface area contributed by atoms with Crippen LogP contribution in [0.3, 0.4) is 0 Å². The summed E-state index contributed by atoms with van der Waals surface area (Å²) >= 11 is 0. The van der Waals surface area contributed by atoms with Crippen molar-refractivity contribution in [2.45, 2.75) is 136 Å². The average molecular weight is 427 g/mol. The first kappa shape index (κ1) is 28.6. The van der Waals surface area contributed by atoms with Crippen LogP contribution >= 0.6 is 0 Å². The van der Waals surface area contributed by atoms with Crippen molar-refractivity contribution in [3.8, 4) is 0 Å². The van der Waals surface area contributed by atoms with Crippen LogP contribution < -0.4 is 0 Å². The van der Waals surface area contributed by atoms with Gasteiger partial charge in [0.25, 0.3) is 0 Å². The number of carbonyl (C=O) groups excluding carboxylic acids is 3. The number of ketones is 1. The molecule has 0 saturated heterocycles. The zero-order valence-electron chi connectivity index (χ0n) is 19.8. The van der Waals surface area contributed by atoms with E-state index in [2.05, 4.69) is 6.92 Å². The molecule has 0 fully saturated rings. The van der Waals surface area contributed by atoms with Crippen molar-refractivity contribution in [3.63, 3.8) is 0 Å². The zero-order chi connectivity index (χ0) is 22.5. The summed E-state index contributed by atoms with van der Waals surface area (Å²) in [4.78, 5) is 34.1. The molecular formula is C25H46O5. The Morgan fingerprint density at radius 3 is 1.47 bits per heavy atom. The molecule has 0 aliphatic heterocycles. The van der Waals surface area contributed by atoms with Crippen LogP contribution in [-0.2, 0) is 23.9 Å². The third kappa shape index (κ3) is 21.3. The highest BCUT2D eigenvalue weighted by molar-refractivity contribution is 5.79. The SMILES string of the molecule is CCCCCCCCCCCCCCCCCC(=O)CC(COC(C)=O)OC(C)=O. The van der Waals surface area contributed by atoms with Gasteiger partial charge in [0.2, 0.25) is 0 Å². The monoisotopic (exact) mass is 426 g/mol. The largest absolute Gasteiger partial charge is 0.462 e. The molecule has 0 aromatic carbocycles. The van der Waals surface area contributed by atoms with Crippen molar-refractivity contribution in [2.24, 2.45) is 0 Å². The molecule has 0 amide bonds. The Morgan fingerprint density at radius 1 is 0.633 bits per heavy atom. The average Bonchev–Trinajstić information content (AvgIpc) is 2.68. The van der Waals surface area contributed by atoms with E-state index in [1.54, 1.807) is 0 Å². The van der Waals surface area contributed by atoms with E-state index < -0.39 is 18.0 Å². The fourth-order valence-electron chi connectivity index (χ4n) is 3.63. The van der Waals surface area contributed by atoms with Gasteiger partial charge in [0, 0.05) is 26.7 Å². The number of carbonyl (C=O) groups is 3. The summed E-state index contributed by atoms with van der Waals surface area (Å²) in [5.41, 5.74) is 0. The van der Waals surface area contributed by atoms with Crippen molar-refractivity contribution < 1.29 is 23.9 Å². The molecule has 0 aliphatic rings. The van der Waals surface area contributed by atoms with Gasteiger partial charge in [-0.1, -0.05) is 96.8 Å². The van der Waals surface area contributed by atoms with Gasteiger partial charge in [-0.25, -0.2) is 0 Å². The van der Waals surface area contributed by atoms with E-state index in [1.165, 1.54) is 97.3 Å². The van der Waals surface area contributed by atoms with Gasteiger partial charge >= 0.3 is 11.9 Å². The molecule has 0 rings (SSSR count). The molecule has 0 N–H and O–H groups in total. The Kier molecular flexibility index (Phi) is 19.9. The number of ether oxygens (including phenoxy) is 2. The molecule has 0 spiro atoms. The van der Waals surface area contributed by atoms with Crippen LogP contribution in [0.4, 0.5) is 0 Å². The maximum Gasteiger partial charge on any atom is 0.303 e. The summed E-state index contributed by atoms with van der Waals surface area (Å²) in [6, 6.07) is 0. The molecule has 5 nitrogen and oxygen atoms in total. The standard InChI is InChI=1S/C25H46O5/c1-4-5-6-7-8-9-10-11-12-13-14-15-16-17-18-19-24(28)20-25(30-23(3)27)21-29-22(2)26/h25H,4-21H2,1-3H3. The Hall–Kier alpha value is -1.39. The van der Waals surface area contributed by atoms with Crippen LogP contribution in [0.1, 0.15) is 130 Å². The van der Waals surface area contributed by atoms with Gasteiger partial charge in [0.15, 0.2) is 0 Å². The van der Waals surface area contributed by atoms with Crippen LogP contribution in [0.25, 0.3) is 0 Å². The predicted molar refractivity (Wildman–Crippen MR) is 121 cm³/mol. The van der Waals surface area contributed by atoms with Crippen molar-refractivity contribution in [1.82, 2.24) is 0 Å². The minimum absolute atomic E-state index is 0.0560. The van der Waals surface area contributed by atoms with Crippen molar-refractivity contribution in [3.05, 3.63) is 0 Å². The summed E-state index contributed by atoms with van der Waals surface area (Å²) < 4.78 is 9.93. The predicted octanol–water partition coefficient (Wildman–Crippen LogP) is 6.70. The molecule has 0 bridgehead atoms. The summed E-state index contributed by atoms with van der Waals surface area (Å²) in [5, 5.41) is 0. The second-order valence-corrected chi connectivity index (χ2v) is 8.48. The van der Waals surface area contributed by atoms with E-state index in [0.29, 0.717) is 6.42 Å². The minimum atomic E-state index is -0.671. The lowest BCUT2D eigenvalue weighted by atomic mass is 10.0. The third-order valence-electron chi connectivity index (χ3n) is 5.32. The molecular weight excluding hydrogens is 380 g/mol. The lowest BCUT2D eigenvalue weighted by molar-refractivity contribution is -0.157. The van der Waals surface area contributed by atoms with E-state index in [-0.39, 0.29) is 18.8 Å². The first-order valence-corrected chi connectivity index (χ1v) is 12.3. The maximum atomic E-state index is 12.1. The van der Waals surface area contributed by atoms with Crippen LogP contribution in [-0.4, -0.2) is 30.4 Å². The smallest absolute Gasteiger partial charge is 0.303 e. The van der Waals surface area contributed by atoms with Gasteiger partial charge in [-0.05, 0) is 6.42 Å². The molecule has 0 aromatic rings. The summed E-state index contributed by atoms with van der Waals surface area (Å²) in [6.07, 6.45) is 19.4. The number of hydrogen-bond acceptors (Lipinski definition) is 5. The minimum Gasteiger partial charge on any atom is -0.462 e. The molecule has 5 heteroatoms. The van der Waals surface area contributed by atoms with E-state index in [1.807, 2.05) is 0 Å². The van der Waals surface area contributed by atoms with Gasteiger partial charge in [0.05, 0.1) is 0 Å². The quantitative estimate of drug-likeness (QED) is 0.151. The lowest BCUT2D eigenvalue weighted by Gasteiger charge is -2.15. The Bertz CT molecular complexity index is 447. The number of rotatable bonds is 21. The van der Waals surface area contributed by atoms with Crippen molar-refractivity contribution >= 4 is 17.7 Å². The maximum absolute atomic E-state index is 12.1. The first-order valence-electron chi connectivity index (χ1n) is 12.3. The van der Waals surface area contributed by atoms with E-state index in [0.717, 1.165) is 12.8 Å². The highest BCUT2D eigenvalue weighted by atomic mass is 16.6. The second kappa shape index (κ2) is 20.9. The van der Waals surface area contributed by atoms with Crippen LogP contribution in [0.2, 0.25) is 0 Å². The van der Waals surface area contributed by atoms with E-state index in [4.69, 9.17) is 9.47 Å². The Balaban J connectivity index is 3.52. The molecule has 1 unspecified atom stereocenters. The van der Waals surface area contributed by atoms with E-state index >= 15 is 0 Å². The second-order valence-electron chi connectivity index (χ2n) is 8.48. The van der Waals surface area contributed by atoms with Crippen LogP contribution in [0.5, 0.6) is 0 Å². The summed E-state index contributed by atoms with van der Waals surface area (Å²) in [5.74, 6) is -0.850. The fraction of sp³-hybridized carbons (Fsp3) is 0.880. The van der Waals surface area contributed by atoms with Crippen LogP contribution in [0.15, 0.2) is 0 Å². The van der Waals surface area contributed by atoms with Gasteiger partial charge in [-0.15, -0.1) is 0 Å².